The third kappa shape index (κ3) is 4.16. The van der Waals surface area contributed by atoms with Gasteiger partial charge in [0.25, 0.3) is 5.91 Å². The molecule has 0 radical (unpaired) electrons. The van der Waals surface area contributed by atoms with Gasteiger partial charge in [-0.1, -0.05) is 57.5 Å². The lowest BCUT2D eigenvalue weighted by Crippen LogP contribution is -2.30. The van der Waals surface area contributed by atoms with Crippen LogP contribution in [0.5, 0.6) is 0 Å². The number of para-hydroxylation sites is 1. The largest absolute Gasteiger partial charge is 0.322 e. The van der Waals surface area contributed by atoms with E-state index in [0.29, 0.717) is 5.69 Å². The first-order chi connectivity index (χ1) is 13.4. The molecule has 3 rings (SSSR count). The molecule has 6 nitrogen and oxygen atoms in total. The number of carbonyl (C=O) groups is 2. The van der Waals surface area contributed by atoms with Crippen LogP contribution in [0.4, 0.5) is 11.4 Å². The average Bonchev–Trinajstić information content (AvgIpc) is 2.81. The highest BCUT2D eigenvalue weighted by atomic mass is 35.5. The van der Waals surface area contributed by atoms with Crippen molar-refractivity contribution in [1.82, 2.24) is 0 Å². The number of rotatable bonds is 3. The van der Waals surface area contributed by atoms with Crippen LogP contribution >= 0.6 is 11.6 Å². The van der Waals surface area contributed by atoms with Gasteiger partial charge in [0.1, 0.15) is 0 Å². The molecule has 2 aromatic rings. The topological polar surface area (TPSA) is 83.6 Å². The van der Waals surface area contributed by atoms with Crippen molar-refractivity contribution in [3.8, 4) is 0 Å². The van der Waals surface area contributed by atoms with E-state index in [2.05, 4.69) is 5.32 Å². The van der Waals surface area contributed by atoms with Crippen LogP contribution in [0, 0.1) is 5.92 Å². The highest BCUT2D eigenvalue weighted by Crippen LogP contribution is 2.33. The first-order valence-electron chi connectivity index (χ1n) is 9.19. The Morgan fingerprint density at radius 3 is 2.38 bits per heavy atom. The zero-order valence-electron chi connectivity index (χ0n) is 16.7. The monoisotopic (exact) mass is 434 g/mol. The highest BCUT2D eigenvalue weighted by molar-refractivity contribution is 7.94. The molecule has 1 atom stereocenters. The van der Waals surface area contributed by atoms with Crippen LogP contribution in [0.2, 0.25) is 5.02 Å². The molecule has 0 aromatic heterocycles. The maximum Gasteiger partial charge on any atom is 0.257 e. The summed E-state index contributed by atoms with van der Waals surface area (Å²) in [5.74, 6) is -1.77. The summed E-state index contributed by atoms with van der Waals surface area (Å²) in [4.78, 5) is 25.0. The Balaban J connectivity index is 1.91. The standard InChI is InChI=1S/C21H23ClN2O4S/c1-13-12-29(27,28)24(20(13)26)14-9-10-15(17(22)11-14)19(25)23-18-8-6-5-7-16(18)21(2,3)4/h5-11,13H,12H2,1-4H3,(H,23,25)/t13-/m0/s1. The molecule has 1 saturated heterocycles. The maximum absolute atomic E-state index is 12.8. The number of halogens is 1. The molecule has 1 fully saturated rings. The Hall–Kier alpha value is -2.38. The van der Waals surface area contributed by atoms with E-state index < -0.39 is 27.8 Å². The van der Waals surface area contributed by atoms with Gasteiger partial charge in [-0.25, -0.2) is 12.7 Å². The molecule has 1 aliphatic rings. The van der Waals surface area contributed by atoms with E-state index in [1.807, 2.05) is 45.0 Å². The van der Waals surface area contributed by atoms with E-state index in [9.17, 15) is 18.0 Å². The van der Waals surface area contributed by atoms with Gasteiger partial charge in [0.05, 0.1) is 27.9 Å². The van der Waals surface area contributed by atoms with Crippen molar-refractivity contribution in [3.05, 3.63) is 58.6 Å². The first-order valence-corrected chi connectivity index (χ1v) is 11.2. The van der Waals surface area contributed by atoms with Crippen LogP contribution in [0.3, 0.4) is 0 Å². The van der Waals surface area contributed by atoms with E-state index >= 15 is 0 Å². The molecule has 0 unspecified atom stereocenters. The van der Waals surface area contributed by atoms with Crippen molar-refractivity contribution >= 4 is 44.8 Å². The molecule has 0 aliphatic carbocycles. The van der Waals surface area contributed by atoms with Crippen molar-refractivity contribution in [2.24, 2.45) is 5.92 Å². The Kier molecular flexibility index (Phi) is 5.49. The number of anilines is 2. The van der Waals surface area contributed by atoms with Gasteiger partial charge in [0.2, 0.25) is 15.9 Å². The second kappa shape index (κ2) is 7.46. The maximum atomic E-state index is 12.8. The third-order valence-electron chi connectivity index (χ3n) is 4.78. The summed E-state index contributed by atoms with van der Waals surface area (Å²) in [6, 6.07) is 11.7. The summed E-state index contributed by atoms with van der Waals surface area (Å²) in [6.45, 7) is 7.72. The van der Waals surface area contributed by atoms with Gasteiger partial charge in [-0.15, -0.1) is 0 Å². The minimum absolute atomic E-state index is 0.0655. The molecule has 2 aromatic carbocycles. The molecule has 154 valence electrons. The van der Waals surface area contributed by atoms with Gasteiger partial charge in [-0.05, 0) is 35.2 Å². The fourth-order valence-electron chi connectivity index (χ4n) is 3.34. The SMILES string of the molecule is C[C@H]1CS(=O)(=O)N(c2ccc(C(=O)Nc3ccccc3C(C)(C)C)c(Cl)c2)C1=O. The van der Waals surface area contributed by atoms with Crippen LogP contribution in [0.1, 0.15) is 43.6 Å². The number of nitrogens with one attached hydrogen (secondary N) is 1. The minimum atomic E-state index is -3.73. The zero-order valence-corrected chi connectivity index (χ0v) is 18.3. The molecular formula is C21H23ClN2O4S. The van der Waals surface area contributed by atoms with E-state index in [1.54, 1.807) is 6.92 Å². The molecule has 1 heterocycles. The molecule has 1 N–H and O–H groups in total. The van der Waals surface area contributed by atoms with E-state index in [1.165, 1.54) is 18.2 Å². The van der Waals surface area contributed by atoms with Crippen molar-refractivity contribution in [3.63, 3.8) is 0 Å². The fourth-order valence-corrected chi connectivity index (χ4v) is 5.41. The van der Waals surface area contributed by atoms with Crippen LogP contribution in [0.25, 0.3) is 0 Å². The van der Waals surface area contributed by atoms with Crippen LogP contribution in [-0.2, 0) is 20.2 Å². The molecule has 0 bridgehead atoms. The Bertz CT molecular complexity index is 1090. The van der Waals surface area contributed by atoms with Gasteiger partial charge >= 0.3 is 0 Å². The number of benzene rings is 2. The van der Waals surface area contributed by atoms with Crippen LogP contribution < -0.4 is 9.62 Å². The molecule has 1 aliphatic heterocycles. The lowest BCUT2D eigenvalue weighted by atomic mass is 9.86. The third-order valence-corrected chi connectivity index (χ3v) is 6.96. The number of hydrogen-bond acceptors (Lipinski definition) is 4. The van der Waals surface area contributed by atoms with Crippen molar-refractivity contribution in [1.29, 1.82) is 0 Å². The van der Waals surface area contributed by atoms with Crippen LogP contribution in [0.15, 0.2) is 42.5 Å². The summed E-state index contributed by atoms with van der Waals surface area (Å²) in [6.07, 6.45) is 0. The molecular weight excluding hydrogens is 412 g/mol. The molecule has 2 amide bonds. The van der Waals surface area contributed by atoms with Crippen molar-refractivity contribution < 1.29 is 18.0 Å². The Morgan fingerprint density at radius 1 is 1.17 bits per heavy atom. The van der Waals surface area contributed by atoms with Gasteiger partial charge < -0.3 is 5.32 Å². The van der Waals surface area contributed by atoms with Gasteiger partial charge in [0, 0.05) is 5.69 Å². The number of carbonyl (C=O) groups excluding carboxylic acids is 2. The van der Waals surface area contributed by atoms with E-state index in [0.717, 1.165) is 9.87 Å². The quantitative estimate of drug-likeness (QED) is 0.784. The summed E-state index contributed by atoms with van der Waals surface area (Å²) in [5, 5.41) is 2.94. The molecule has 29 heavy (non-hydrogen) atoms. The summed E-state index contributed by atoms with van der Waals surface area (Å²) < 4.78 is 25.3. The van der Waals surface area contributed by atoms with E-state index in [-0.39, 0.29) is 27.4 Å². The Morgan fingerprint density at radius 2 is 1.83 bits per heavy atom. The van der Waals surface area contributed by atoms with Crippen molar-refractivity contribution in [2.45, 2.75) is 33.1 Å². The predicted molar refractivity (Wildman–Crippen MR) is 115 cm³/mol. The highest BCUT2D eigenvalue weighted by Gasteiger charge is 2.42. The summed E-state index contributed by atoms with van der Waals surface area (Å²) >= 11 is 6.28. The number of hydrogen-bond donors (Lipinski definition) is 1. The lowest BCUT2D eigenvalue weighted by molar-refractivity contribution is -0.119. The summed E-state index contributed by atoms with van der Waals surface area (Å²) in [7, 11) is -3.73. The normalized spacial score (nSPS) is 18.7. The predicted octanol–water partition coefficient (Wildman–Crippen LogP) is 4.20. The molecule has 0 spiro atoms. The second-order valence-electron chi connectivity index (χ2n) is 8.20. The van der Waals surface area contributed by atoms with Gasteiger partial charge in [-0.2, -0.15) is 0 Å². The molecule has 8 heteroatoms. The van der Waals surface area contributed by atoms with Gasteiger partial charge in [-0.3, -0.25) is 9.59 Å². The van der Waals surface area contributed by atoms with Gasteiger partial charge in [0.15, 0.2) is 0 Å². The number of nitrogens with zero attached hydrogens (tertiary/aromatic N) is 1. The summed E-state index contributed by atoms with van der Waals surface area (Å²) in [5.41, 5.74) is 1.81. The minimum Gasteiger partial charge on any atom is -0.322 e. The average molecular weight is 435 g/mol. The van der Waals surface area contributed by atoms with E-state index in [4.69, 9.17) is 11.6 Å². The fraction of sp³-hybridized carbons (Fsp3) is 0.333. The van der Waals surface area contributed by atoms with Crippen molar-refractivity contribution in [2.75, 3.05) is 15.4 Å². The first kappa shape index (κ1) is 21.3. The number of sulfonamides is 1. The van der Waals surface area contributed by atoms with Crippen LogP contribution in [-0.4, -0.2) is 26.0 Å². The lowest BCUT2D eigenvalue weighted by Gasteiger charge is -2.23. The second-order valence-corrected chi connectivity index (χ2v) is 10.5. The Labute approximate surface area is 175 Å². The smallest absolute Gasteiger partial charge is 0.257 e. The number of amides is 2. The molecule has 0 saturated carbocycles. The zero-order chi connectivity index (χ0) is 21.6.